The molecule has 148 valence electrons. The van der Waals surface area contributed by atoms with Crippen LogP contribution in [0.5, 0.6) is 0 Å². The molecular formula is C23H23FN4O. The summed E-state index contributed by atoms with van der Waals surface area (Å²) in [6.45, 7) is 5.59. The van der Waals surface area contributed by atoms with E-state index in [1.54, 1.807) is 6.07 Å². The fraction of sp³-hybridized carbons (Fsp3) is 0.348. The van der Waals surface area contributed by atoms with Gasteiger partial charge in [0.05, 0.1) is 10.9 Å². The monoisotopic (exact) mass is 390 g/mol. The Morgan fingerprint density at radius 3 is 2.62 bits per heavy atom. The fourth-order valence-electron chi connectivity index (χ4n) is 4.35. The van der Waals surface area contributed by atoms with E-state index in [1.807, 2.05) is 32.0 Å². The lowest BCUT2D eigenvalue weighted by Crippen LogP contribution is -2.33. The molecule has 0 radical (unpaired) electrons. The van der Waals surface area contributed by atoms with Crippen LogP contribution in [0.3, 0.4) is 0 Å². The van der Waals surface area contributed by atoms with Crippen LogP contribution in [0.25, 0.3) is 10.9 Å². The van der Waals surface area contributed by atoms with E-state index in [1.165, 1.54) is 12.1 Å². The quantitative estimate of drug-likeness (QED) is 0.705. The van der Waals surface area contributed by atoms with Gasteiger partial charge >= 0.3 is 0 Å². The number of carbonyl (C=O) groups excluding carboxylic acids is 1. The second kappa shape index (κ2) is 6.51. The summed E-state index contributed by atoms with van der Waals surface area (Å²) in [5.74, 6) is 1.69. The minimum absolute atomic E-state index is 0.00536. The number of fused-ring (bicyclic) bond motifs is 2. The maximum atomic E-state index is 13.5. The van der Waals surface area contributed by atoms with Gasteiger partial charge < -0.3 is 10.2 Å². The standard InChI is InChI=1S/C23H23FN4O/c1-23(2)17-6-7-18(26-21(17)27-22(23)29)15-9-11-28(12-10-15)20-8-4-14-3-5-16(24)13-19(14)25-20/h3-8,13,15H,9-12H2,1-2H3,(H,26,27,29). The molecular weight excluding hydrogens is 367 g/mol. The van der Waals surface area contributed by atoms with Crippen molar-refractivity contribution in [2.24, 2.45) is 0 Å². The van der Waals surface area contributed by atoms with Gasteiger partial charge in [0.25, 0.3) is 0 Å². The van der Waals surface area contributed by atoms with Crippen LogP contribution >= 0.6 is 0 Å². The van der Waals surface area contributed by atoms with Crippen LogP contribution in [-0.2, 0) is 10.2 Å². The third kappa shape index (κ3) is 3.03. The molecule has 29 heavy (non-hydrogen) atoms. The largest absolute Gasteiger partial charge is 0.357 e. The molecule has 1 amide bonds. The van der Waals surface area contributed by atoms with Crippen LogP contribution in [-0.4, -0.2) is 29.0 Å². The zero-order chi connectivity index (χ0) is 20.2. The molecule has 6 heteroatoms. The van der Waals surface area contributed by atoms with E-state index in [9.17, 15) is 9.18 Å². The highest BCUT2D eigenvalue weighted by Crippen LogP contribution is 2.38. The average Bonchev–Trinajstić information content (AvgIpc) is 2.95. The Balaban J connectivity index is 1.32. The van der Waals surface area contributed by atoms with Gasteiger partial charge in [0, 0.05) is 41.7 Å². The van der Waals surface area contributed by atoms with E-state index in [-0.39, 0.29) is 11.7 Å². The first-order valence-corrected chi connectivity index (χ1v) is 10.1. The van der Waals surface area contributed by atoms with E-state index in [4.69, 9.17) is 4.98 Å². The number of nitrogens with one attached hydrogen (secondary N) is 1. The number of benzene rings is 1. The Labute approximate surface area is 169 Å². The van der Waals surface area contributed by atoms with Crippen molar-refractivity contribution >= 4 is 28.4 Å². The highest BCUT2D eigenvalue weighted by Gasteiger charge is 2.39. The number of hydrogen-bond acceptors (Lipinski definition) is 4. The van der Waals surface area contributed by atoms with Crippen LogP contribution in [0.4, 0.5) is 16.0 Å². The molecule has 2 aromatic heterocycles. The van der Waals surface area contributed by atoms with E-state index in [0.29, 0.717) is 17.3 Å². The van der Waals surface area contributed by atoms with Crippen molar-refractivity contribution in [3.63, 3.8) is 0 Å². The topological polar surface area (TPSA) is 58.1 Å². The molecule has 0 unspecified atom stereocenters. The molecule has 0 spiro atoms. The summed E-state index contributed by atoms with van der Waals surface area (Å²) in [6, 6.07) is 12.8. The molecule has 2 aliphatic rings. The number of hydrogen-bond donors (Lipinski definition) is 1. The molecule has 1 aromatic carbocycles. The van der Waals surface area contributed by atoms with E-state index >= 15 is 0 Å². The maximum absolute atomic E-state index is 13.5. The van der Waals surface area contributed by atoms with Gasteiger partial charge in [-0.25, -0.2) is 14.4 Å². The van der Waals surface area contributed by atoms with Gasteiger partial charge in [-0.1, -0.05) is 6.07 Å². The zero-order valence-corrected chi connectivity index (χ0v) is 16.6. The minimum atomic E-state index is -0.522. The molecule has 0 saturated carbocycles. The molecule has 1 fully saturated rings. The van der Waals surface area contributed by atoms with Crippen molar-refractivity contribution in [1.82, 2.24) is 9.97 Å². The first kappa shape index (κ1) is 18.0. The van der Waals surface area contributed by atoms with Crippen LogP contribution in [0.1, 0.15) is 43.9 Å². The summed E-state index contributed by atoms with van der Waals surface area (Å²) in [5, 5.41) is 3.86. The SMILES string of the molecule is CC1(C)C(=O)Nc2nc(C3CCN(c4ccc5ccc(F)cc5n4)CC3)ccc21. The fourth-order valence-corrected chi connectivity index (χ4v) is 4.35. The Bertz CT molecular complexity index is 1120. The summed E-state index contributed by atoms with van der Waals surface area (Å²) in [4.78, 5) is 23.8. The molecule has 1 N–H and O–H groups in total. The summed E-state index contributed by atoms with van der Waals surface area (Å²) < 4.78 is 13.5. The number of rotatable bonds is 2. The lowest BCUT2D eigenvalue weighted by molar-refractivity contribution is -0.119. The van der Waals surface area contributed by atoms with Crippen LogP contribution in [0.15, 0.2) is 42.5 Å². The highest BCUT2D eigenvalue weighted by molar-refractivity contribution is 6.04. The first-order chi connectivity index (χ1) is 13.9. The highest BCUT2D eigenvalue weighted by atomic mass is 19.1. The van der Waals surface area contributed by atoms with Gasteiger partial charge in [-0.2, -0.15) is 0 Å². The van der Waals surface area contributed by atoms with Crippen molar-refractivity contribution in [1.29, 1.82) is 0 Å². The average molecular weight is 390 g/mol. The number of nitrogens with zero attached hydrogens (tertiary/aromatic N) is 3. The number of pyridine rings is 2. The van der Waals surface area contributed by atoms with Gasteiger partial charge in [0.1, 0.15) is 17.5 Å². The third-order valence-corrected chi connectivity index (χ3v) is 6.27. The van der Waals surface area contributed by atoms with Crippen molar-refractivity contribution in [3.8, 4) is 0 Å². The number of piperidine rings is 1. The van der Waals surface area contributed by atoms with Gasteiger partial charge in [0.15, 0.2) is 0 Å². The van der Waals surface area contributed by atoms with Crippen LogP contribution < -0.4 is 10.2 Å². The van der Waals surface area contributed by atoms with Crippen molar-refractivity contribution < 1.29 is 9.18 Å². The molecule has 5 rings (SSSR count). The summed E-state index contributed by atoms with van der Waals surface area (Å²) in [6.07, 6.45) is 1.93. The molecule has 1 saturated heterocycles. The Morgan fingerprint density at radius 2 is 1.83 bits per heavy atom. The normalized spacial score (nSPS) is 18.7. The van der Waals surface area contributed by atoms with E-state index < -0.39 is 5.41 Å². The van der Waals surface area contributed by atoms with E-state index in [2.05, 4.69) is 21.3 Å². The zero-order valence-electron chi connectivity index (χ0n) is 16.6. The summed E-state index contributed by atoms with van der Waals surface area (Å²) in [5.41, 5.74) is 2.17. The van der Waals surface area contributed by atoms with E-state index in [0.717, 1.165) is 48.4 Å². The van der Waals surface area contributed by atoms with Gasteiger partial charge in [-0.3, -0.25) is 4.79 Å². The third-order valence-electron chi connectivity index (χ3n) is 6.27. The Hall–Kier alpha value is -3.02. The van der Waals surface area contributed by atoms with Crippen molar-refractivity contribution in [3.05, 3.63) is 59.5 Å². The predicted octanol–water partition coefficient (Wildman–Crippen LogP) is 4.38. The number of carbonyl (C=O) groups is 1. The maximum Gasteiger partial charge on any atom is 0.235 e. The summed E-state index contributed by atoms with van der Waals surface area (Å²) in [7, 11) is 0. The van der Waals surface area contributed by atoms with Gasteiger partial charge in [0.2, 0.25) is 5.91 Å². The van der Waals surface area contributed by atoms with Crippen molar-refractivity contribution in [2.75, 3.05) is 23.3 Å². The van der Waals surface area contributed by atoms with Gasteiger partial charge in [-0.15, -0.1) is 0 Å². The summed E-state index contributed by atoms with van der Waals surface area (Å²) >= 11 is 0. The lowest BCUT2D eigenvalue weighted by Gasteiger charge is -2.32. The smallest absolute Gasteiger partial charge is 0.235 e. The molecule has 0 bridgehead atoms. The van der Waals surface area contributed by atoms with Crippen LogP contribution in [0, 0.1) is 5.82 Å². The second-order valence-electron chi connectivity index (χ2n) is 8.48. The minimum Gasteiger partial charge on any atom is -0.357 e. The van der Waals surface area contributed by atoms with Crippen LogP contribution in [0.2, 0.25) is 0 Å². The first-order valence-electron chi connectivity index (χ1n) is 10.1. The molecule has 4 heterocycles. The number of aromatic nitrogens is 2. The van der Waals surface area contributed by atoms with Gasteiger partial charge in [-0.05, 0) is 57.0 Å². The molecule has 5 nitrogen and oxygen atoms in total. The Kier molecular flexibility index (Phi) is 4.05. The second-order valence-corrected chi connectivity index (χ2v) is 8.48. The Morgan fingerprint density at radius 1 is 1.07 bits per heavy atom. The molecule has 0 aliphatic carbocycles. The lowest BCUT2D eigenvalue weighted by atomic mass is 9.86. The van der Waals surface area contributed by atoms with Crippen molar-refractivity contribution in [2.45, 2.75) is 38.0 Å². The molecule has 0 atom stereocenters. The molecule has 3 aromatic rings. The number of anilines is 2. The predicted molar refractivity (Wildman–Crippen MR) is 112 cm³/mol. The number of halogens is 1. The molecule has 2 aliphatic heterocycles. The number of amides is 1.